The van der Waals surface area contributed by atoms with Gasteiger partial charge in [-0.25, -0.2) is 0 Å². The first-order valence-corrected chi connectivity index (χ1v) is 6.73. The van der Waals surface area contributed by atoms with Gasteiger partial charge < -0.3 is 5.32 Å². The maximum absolute atomic E-state index is 5.86. The van der Waals surface area contributed by atoms with Gasteiger partial charge in [0.25, 0.3) is 0 Å². The number of hydrogen-bond acceptors (Lipinski definition) is 2. The van der Waals surface area contributed by atoms with Gasteiger partial charge in [-0.15, -0.1) is 11.8 Å². The van der Waals surface area contributed by atoms with E-state index in [0.717, 1.165) is 16.8 Å². The van der Waals surface area contributed by atoms with Gasteiger partial charge in [-0.1, -0.05) is 11.6 Å². The van der Waals surface area contributed by atoms with E-state index < -0.39 is 0 Å². The molecule has 3 heteroatoms. The van der Waals surface area contributed by atoms with Gasteiger partial charge in [0.05, 0.1) is 0 Å². The zero-order valence-corrected chi connectivity index (χ0v) is 10.3. The van der Waals surface area contributed by atoms with E-state index in [1.807, 2.05) is 23.9 Å². The average Bonchev–Trinajstić information content (AvgIpc) is 2.50. The summed E-state index contributed by atoms with van der Waals surface area (Å²) in [5.41, 5.74) is 0. The van der Waals surface area contributed by atoms with Crippen LogP contribution in [0.4, 0.5) is 0 Å². The summed E-state index contributed by atoms with van der Waals surface area (Å²) in [4.78, 5) is 1.34. The molecule has 1 aliphatic rings. The molecule has 1 atom stereocenters. The van der Waals surface area contributed by atoms with Gasteiger partial charge >= 0.3 is 0 Å². The van der Waals surface area contributed by atoms with Crippen LogP contribution in [0.15, 0.2) is 29.2 Å². The molecular weight excluding hydrogens is 226 g/mol. The minimum atomic E-state index is 0.765. The number of thioether (sulfide) groups is 1. The average molecular weight is 242 g/mol. The largest absolute Gasteiger partial charge is 0.317 e. The molecule has 0 amide bonds. The van der Waals surface area contributed by atoms with Crippen molar-refractivity contribution in [2.75, 3.05) is 13.1 Å². The Bertz CT molecular complexity index is 291. The highest BCUT2D eigenvalue weighted by molar-refractivity contribution is 8.00. The van der Waals surface area contributed by atoms with Gasteiger partial charge in [-0.05, 0) is 56.6 Å². The molecule has 0 aliphatic carbocycles. The summed E-state index contributed by atoms with van der Waals surface area (Å²) in [5, 5.41) is 5.02. The fourth-order valence-corrected chi connectivity index (χ4v) is 3.13. The van der Waals surface area contributed by atoms with Crippen LogP contribution >= 0.6 is 23.4 Å². The molecule has 15 heavy (non-hydrogen) atoms. The molecule has 1 saturated heterocycles. The van der Waals surface area contributed by atoms with E-state index in [9.17, 15) is 0 Å². The minimum absolute atomic E-state index is 0.765. The third-order valence-corrected chi connectivity index (χ3v) is 4.24. The Morgan fingerprint density at radius 1 is 1.13 bits per heavy atom. The molecule has 1 aromatic carbocycles. The Morgan fingerprint density at radius 3 is 2.73 bits per heavy atom. The number of benzene rings is 1. The van der Waals surface area contributed by atoms with E-state index in [-0.39, 0.29) is 0 Å². The highest BCUT2D eigenvalue weighted by atomic mass is 35.5. The molecule has 1 aromatic rings. The number of rotatable bonds is 2. The standard InChI is InChI=1S/C12H16ClNS/c13-10-3-5-12(6-4-10)15-11-2-1-8-14-9-7-11/h3-6,11,14H,1-2,7-9H2. The first kappa shape index (κ1) is 11.3. The normalized spacial score (nSPS) is 22.3. The van der Waals surface area contributed by atoms with E-state index in [4.69, 9.17) is 11.6 Å². The molecule has 1 aliphatic heterocycles. The molecule has 1 unspecified atom stereocenters. The smallest absolute Gasteiger partial charge is 0.0406 e. The van der Waals surface area contributed by atoms with E-state index in [1.165, 1.54) is 30.7 Å². The molecule has 1 N–H and O–H groups in total. The predicted octanol–water partition coefficient (Wildman–Crippen LogP) is 3.57. The first-order valence-electron chi connectivity index (χ1n) is 5.47. The van der Waals surface area contributed by atoms with Crippen LogP contribution in [0.25, 0.3) is 0 Å². The molecule has 1 heterocycles. The Morgan fingerprint density at radius 2 is 1.93 bits per heavy atom. The molecule has 0 aromatic heterocycles. The van der Waals surface area contributed by atoms with E-state index in [1.54, 1.807) is 0 Å². The Labute approximate surface area is 101 Å². The monoisotopic (exact) mass is 241 g/mol. The van der Waals surface area contributed by atoms with E-state index in [0.29, 0.717) is 0 Å². The summed E-state index contributed by atoms with van der Waals surface area (Å²) in [6, 6.07) is 8.17. The molecule has 0 bridgehead atoms. The SMILES string of the molecule is Clc1ccc(SC2CCCNCC2)cc1. The van der Waals surface area contributed by atoms with Crippen molar-refractivity contribution in [3.63, 3.8) is 0 Å². The molecule has 0 radical (unpaired) electrons. The highest BCUT2D eigenvalue weighted by Crippen LogP contribution is 2.29. The summed E-state index contributed by atoms with van der Waals surface area (Å²) in [6.07, 6.45) is 3.89. The zero-order valence-electron chi connectivity index (χ0n) is 8.71. The second kappa shape index (κ2) is 5.78. The molecule has 1 nitrogen and oxygen atoms in total. The van der Waals surface area contributed by atoms with Gasteiger partial charge in [0.2, 0.25) is 0 Å². The van der Waals surface area contributed by atoms with E-state index in [2.05, 4.69) is 17.4 Å². The van der Waals surface area contributed by atoms with Crippen molar-refractivity contribution in [2.45, 2.75) is 29.4 Å². The minimum Gasteiger partial charge on any atom is -0.317 e. The second-order valence-corrected chi connectivity index (χ2v) is 5.68. The van der Waals surface area contributed by atoms with Crippen molar-refractivity contribution in [1.29, 1.82) is 0 Å². The summed E-state index contributed by atoms with van der Waals surface area (Å²) < 4.78 is 0. The van der Waals surface area contributed by atoms with Crippen LogP contribution < -0.4 is 5.32 Å². The van der Waals surface area contributed by atoms with Crippen LogP contribution in [-0.4, -0.2) is 18.3 Å². The van der Waals surface area contributed by atoms with E-state index >= 15 is 0 Å². The fourth-order valence-electron chi connectivity index (χ4n) is 1.81. The number of nitrogens with one attached hydrogen (secondary N) is 1. The molecule has 1 fully saturated rings. The summed E-state index contributed by atoms with van der Waals surface area (Å²) in [6.45, 7) is 2.34. The summed E-state index contributed by atoms with van der Waals surface area (Å²) in [7, 11) is 0. The van der Waals surface area contributed by atoms with Crippen LogP contribution in [0, 0.1) is 0 Å². The summed E-state index contributed by atoms with van der Waals surface area (Å²) in [5.74, 6) is 0. The molecule has 82 valence electrons. The van der Waals surface area contributed by atoms with Crippen LogP contribution in [0.3, 0.4) is 0 Å². The lowest BCUT2D eigenvalue weighted by Crippen LogP contribution is -2.14. The van der Waals surface area contributed by atoms with Crippen molar-refractivity contribution < 1.29 is 0 Å². The predicted molar refractivity (Wildman–Crippen MR) is 67.8 cm³/mol. The molecular formula is C12H16ClNS. The fraction of sp³-hybridized carbons (Fsp3) is 0.500. The van der Waals surface area contributed by atoms with Crippen molar-refractivity contribution in [1.82, 2.24) is 5.32 Å². The molecule has 0 saturated carbocycles. The third-order valence-electron chi connectivity index (χ3n) is 2.64. The van der Waals surface area contributed by atoms with Crippen molar-refractivity contribution >= 4 is 23.4 Å². The van der Waals surface area contributed by atoms with Crippen LogP contribution in [-0.2, 0) is 0 Å². The zero-order chi connectivity index (χ0) is 10.5. The Kier molecular flexibility index (Phi) is 4.36. The van der Waals surface area contributed by atoms with Gasteiger partial charge in [-0.3, -0.25) is 0 Å². The van der Waals surface area contributed by atoms with Gasteiger partial charge in [0.1, 0.15) is 0 Å². The maximum atomic E-state index is 5.86. The second-order valence-electron chi connectivity index (χ2n) is 3.87. The van der Waals surface area contributed by atoms with Gasteiger partial charge in [-0.2, -0.15) is 0 Å². The maximum Gasteiger partial charge on any atom is 0.0406 e. The lowest BCUT2D eigenvalue weighted by atomic mass is 10.2. The number of halogens is 1. The Hall–Kier alpha value is -0.180. The Balaban J connectivity index is 1.92. The molecule has 2 rings (SSSR count). The van der Waals surface area contributed by atoms with Crippen molar-refractivity contribution in [3.05, 3.63) is 29.3 Å². The quantitative estimate of drug-likeness (QED) is 0.850. The van der Waals surface area contributed by atoms with Crippen molar-refractivity contribution in [2.24, 2.45) is 0 Å². The first-order chi connectivity index (χ1) is 7.34. The van der Waals surface area contributed by atoms with Crippen LogP contribution in [0.5, 0.6) is 0 Å². The lowest BCUT2D eigenvalue weighted by molar-refractivity contribution is 0.703. The van der Waals surface area contributed by atoms with Crippen LogP contribution in [0.1, 0.15) is 19.3 Å². The van der Waals surface area contributed by atoms with Gasteiger partial charge in [0, 0.05) is 15.2 Å². The summed E-state index contributed by atoms with van der Waals surface area (Å²) >= 11 is 7.85. The third kappa shape index (κ3) is 3.71. The topological polar surface area (TPSA) is 12.0 Å². The lowest BCUT2D eigenvalue weighted by Gasteiger charge is -2.12. The molecule has 0 spiro atoms. The van der Waals surface area contributed by atoms with Crippen LogP contribution in [0.2, 0.25) is 5.02 Å². The van der Waals surface area contributed by atoms with Gasteiger partial charge in [0.15, 0.2) is 0 Å². The number of hydrogen-bond donors (Lipinski definition) is 1. The van der Waals surface area contributed by atoms with Crippen molar-refractivity contribution in [3.8, 4) is 0 Å². The highest BCUT2D eigenvalue weighted by Gasteiger charge is 2.12.